The van der Waals surface area contributed by atoms with Gasteiger partial charge in [-0.05, 0) is 44.9 Å². The number of ether oxygens (including phenoxy) is 1. The highest BCUT2D eigenvalue weighted by Crippen LogP contribution is 2.32. The van der Waals surface area contributed by atoms with E-state index < -0.39 is 22.0 Å². The first-order chi connectivity index (χ1) is 14.1. The van der Waals surface area contributed by atoms with E-state index in [1.165, 1.54) is 25.3 Å². The second-order valence-corrected chi connectivity index (χ2v) is 8.84. The van der Waals surface area contributed by atoms with Crippen LogP contribution in [-0.4, -0.2) is 49.4 Å². The molecule has 2 aromatic rings. The van der Waals surface area contributed by atoms with Crippen LogP contribution in [0.4, 0.5) is 11.4 Å². The number of hydrogen-bond donors (Lipinski definition) is 2. The molecule has 0 radical (unpaired) electrons. The lowest BCUT2D eigenvalue weighted by molar-refractivity contribution is -0.119. The van der Waals surface area contributed by atoms with Crippen molar-refractivity contribution in [1.82, 2.24) is 9.46 Å². The smallest absolute Gasteiger partial charge is 0.249 e. The summed E-state index contributed by atoms with van der Waals surface area (Å²) in [7, 11) is -2.50. The quantitative estimate of drug-likeness (QED) is 0.708. The van der Waals surface area contributed by atoms with Crippen LogP contribution in [0.2, 0.25) is 0 Å². The Bertz CT molecular complexity index is 1060. The van der Waals surface area contributed by atoms with Crippen LogP contribution in [0.5, 0.6) is 5.75 Å². The maximum atomic E-state index is 13.2. The second-order valence-electron chi connectivity index (χ2n) is 7.01. The molecule has 11 heteroatoms. The number of carbonyl (C=O) groups excluding carboxylic acids is 2. The molecule has 1 atom stereocenters. The molecule has 1 aliphatic heterocycles. The maximum absolute atomic E-state index is 13.2. The molecule has 2 amide bonds. The van der Waals surface area contributed by atoms with Crippen LogP contribution in [0.3, 0.4) is 0 Å². The zero-order chi connectivity index (χ0) is 22.1. The van der Waals surface area contributed by atoms with E-state index in [4.69, 9.17) is 9.26 Å². The lowest BCUT2D eigenvalue weighted by Gasteiger charge is -2.23. The van der Waals surface area contributed by atoms with Crippen molar-refractivity contribution >= 4 is 33.2 Å². The number of aromatic nitrogens is 1. The predicted octanol–water partition coefficient (Wildman–Crippen LogP) is 2.05. The minimum absolute atomic E-state index is 0.00700. The molecule has 1 aliphatic rings. The summed E-state index contributed by atoms with van der Waals surface area (Å²) in [5, 5.41) is 9.08. The summed E-state index contributed by atoms with van der Waals surface area (Å²) in [5.74, 6) is -0.176. The Morgan fingerprint density at radius 3 is 2.60 bits per heavy atom. The molecule has 162 valence electrons. The molecule has 2 heterocycles. The van der Waals surface area contributed by atoms with Crippen LogP contribution in [0.15, 0.2) is 27.6 Å². The van der Waals surface area contributed by atoms with Gasteiger partial charge in [-0.3, -0.25) is 9.59 Å². The minimum atomic E-state index is -3.95. The van der Waals surface area contributed by atoms with Gasteiger partial charge in [-0.25, -0.2) is 8.42 Å². The van der Waals surface area contributed by atoms with Crippen LogP contribution in [0, 0.1) is 13.8 Å². The summed E-state index contributed by atoms with van der Waals surface area (Å²) < 4.78 is 37.8. The number of hydrogen-bond acceptors (Lipinski definition) is 7. The number of anilines is 2. The predicted molar refractivity (Wildman–Crippen MR) is 109 cm³/mol. The summed E-state index contributed by atoms with van der Waals surface area (Å²) in [6.45, 7) is 4.66. The first-order valence-electron chi connectivity index (χ1n) is 9.36. The van der Waals surface area contributed by atoms with Crippen molar-refractivity contribution in [3.05, 3.63) is 29.7 Å². The highest BCUT2D eigenvalue weighted by Gasteiger charge is 2.42. The van der Waals surface area contributed by atoms with Gasteiger partial charge in [-0.15, -0.1) is 0 Å². The molecule has 10 nitrogen and oxygen atoms in total. The van der Waals surface area contributed by atoms with Crippen molar-refractivity contribution in [3.63, 3.8) is 0 Å². The number of amides is 2. The van der Waals surface area contributed by atoms with Gasteiger partial charge in [-0.1, -0.05) is 5.16 Å². The van der Waals surface area contributed by atoms with Crippen LogP contribution in [-0.2, 0) is 19.6 Å². The van der Waals surface area contributed by atoms with Crippen LogP contribution in [0.1, 0.15) is 31.2 Å². The van der Waals surface area contributed by atoms with E-state index in [0.29, 0.717) is 30.0 Å². The molecule has 1 aromatic carbocycles. The third-order valence-corrected chi connectivity index (χ3v) is 6.97. The Morgan fingerprint density at radius 1 is 1.27 bits per heavy atom. The molecule has 1 fully saturated rings. The average molecular weight is 436 g/mol. The van der Waals surface area contributed by atoms with Gasteiger partial charge >= 0.3 is 0 Å². The fourth-order valence-corrected chi connectivity index (χ4v) is 5.50. The Morgan fingerprint density at radius 2 is 2.00 bits per heavy atom. The lowest BCUT2D eigenvalue weighted by atomic mass is 10.2. The van der Waals surface area contributed by atoms with Gasteiger partial charge in [0, 0.05) is 19.2 Å². The third kappa shape index (κ3) is 4.17. The highest BCUT2D eigenvalue weighted by molar-refractivity contribution is 7.89. The van der Waals surface area contributed by atoms with E-state index >= 15 is 0 Å². The number of nitrogens with zero attached hydrogens (tertiary/aromatic N) is 2. The second kappa shape index (κ2) is 8.44. The molecule has 3 rings (SSSR count). The van der Waals surface area contributed by atoms with Gasteiger partial charge < -0.3 is 19.9 Å². The van der Waals surface area contributed by atoms with E-state index in [2.05, 4.69) is 15.8 Å². The van der Waals surface area contributed by atoms with E-state index in [-0.39, 0.29) is 28.8 Å². The van der Waals surface area contributed by atoms with E-state index in [1.807, 2.05) is 0 Å². The first-order valence-corrected chi connectivity index (χ1v) is 10.8. The molecule has 0 saturated carbocycles. The molecule has 0 bridgehead atoms. The summed E-state index contributed by atoms with van der Waals surface area (Å²) in [4.78, 5) is 24.3. The lowest BCUT2D eigenvalue weighted by Crippen LogP contribution is -2.43. The van der Waals surface area contributed by atoms with E-state index in [9.17, 15) is 18.0 Å². The fourth-order valence-electron chi connectivity index (χ4n) is 3.55. The van der Waals surface area contributed by atoms with Gasteiger partial charge in [0.1, 0.15) is 22.4 Å². The normalized spacial score (nSPS) is 17.0. The van der Waals surface area contributed by atoms with Gasteiger partial charge in [-0.2, -0.15) is 4.31 Å². The number of carbonyl (C=O) groups is 2. The molecule has 30 heavy (non-hydrogen) atoms. The molecule has 2 N–H and O–H groups in total. The molecular weight excluding hydrogens is 412 g/mol. The Labute approximate surface area is 174 Å². The van der Waals surface area contributed by atoms with Crippen LogP contribution >= 0.6 is 0 Å². The number of aryl methyl sites for hydroxylation is 2. The summed E-state index contributed by atoms with van der Waals surface area (Å²) in [5.41, 5.74) is 1.06. The van der Waals surface area contributed by atoms with Gasteiger partial charge in [0.15, 0.2) is 5.76 Å². The fraction of sp³-hybridized carbons (Fsp3) is 0.421. The maximum Gasteiger partial charge on any atom is 0.249 e. The largest absolute Gasteiger partial charge is 0.495 e. The highest BCUT2D eigenvalue weighted by atomic mass is 32.2. The van der Waals surface area contributed by atoms with Crippen molar-refractivity contribution < 1.29 is 27.3 Å². The topological polar surface area (TPSA) is 131 Å². The molecule has 1 aromatic heterocycles. The first kappa shape index (κ1) is 21.8. The number of sulfonamides is 1. The monoisotopic (exact) mass is 436 g/mol. The van der Waals surface area contributed by atoms with Gasteiger partial charge in [0.2, 0.25) is 21.8 Å². The SMILES string of the molecule is COc1ccc(NC(C)=O)cc1NC(=O)[C@@H]1CCCN1S(=O)(=O)c1c(C)noc1C. The van der Waals surface area contributed by atoms with E-state index in [0.717, 1.165) is 0 Å². The summed E-state index contributed by atoms with van der Waals surface area (Å²) in [6.07, 6.45) is 0.923. The average Bonchev–Trinajstić information content (AvgIpc) is 3.29. The van der Waals surface area contributed by atoms with Crippen molar-refractivity contribution in [2.24, 2.45) is 0 Å². The third-order valence-electron chi connectivity index (χ3n) is 4.82. The van der Waals surface area contributed by atoms with Crippen molar-refractivity contribution in [1.29, 1.82) is 0 Å². The molecule has 0 unspecified atom stereocenters. The van der Waals surface area contributed by atoms with Crippen LogP contribution < -0.4 is 15.4 Å². The van der Waals surface area contributed by atoms with Crippen molar-refractivity contribution in [2.45, 2.75) is 44.6 Å². The zero-order valence-electron chi connectivity index (χ0n) is 17.2. The minimum Gasteiger partial charge on any atom is -0.495 e. The molecule has 1 saturated heterocycles. The van der Waals surface area contributed by atoms with E-state index in [1.54, 1.807) is 25.1 Å². The van der Waals surface area contributed by atoms with Gasteiger partial charge in [0.05, 0.1) is 12.8 Å². The Hall–Kier alpha value is -2.92. The Balaban J connectivity index is 1.87. The summed E-state index contributed by atoms with van der Waals surface area (Å²) >= 11 is 0. The van der Waals surface area contributed by atoms with Crippen molar-refractivity contribution in [2.75, 3.05) is 24.3 Å². The molecule has 0 aliphatic carbocycles. The number of nitrogens with one attached hydrogen (secondary N) is 2. The number of rotatable bonds is 6. The number of benzene rings is 1. The summed E-state index contributed by atoms with van der Waals surface area (Å²) in [6, 6.07) is 3.91. The van der Waals surface area contributed by atoms with Gasteiger partial charge in [0.25, 0.3) is 0 Å². The number of methoxy groups -OCH3 is 1. The standard InChI is InChI=1S/C19H24N4O6S/c1-11-18(12(2)29-22-11)30(26,27)23-9-5-6-16(23)19(25)21-15-10-14(20-13(3)24)7-8-17(15)28-4/h7-8,10,16H,5-6,9H2,1-4H3,(H,20,24)(H,21,25)/t16-/m0/s1. The Kier molecular flexibility index (Phi) is 6.13. The van der Waals surface area contributed by atoms with Crippen LogP contribution in [0.25, 0.3) is 0 Å². The van der Waals surface area contributed by atoms with Crippen molar-refractivity contribution in [3.8, 4) is 5.75 Å². The molecule has 0 spiro atoms. The zero-order valence-corrected chi connectivity index (χ0v) is 18.0. The molecular formula is C19H24N4O6S.